The third-order valence-corrected chi connectivity index (χ3v) is 3.80. The molecule has 130 valence electrons. The number of nitrogens with zero attached hydrogens (tertiary/aromatic N) is 3. The molecule has 0 unspecified atom stereocenters. The zero-order valence-electron chi connectivity index (χ0n) is 13.8. The van der Waals surface area contributed by atoms with Crippen molar-refractivity contribution < 1.29 is 9.53 Å². The maximum atomic E-state index is 12.8. The van der Waals surface area contributed by atoms with E-state index in [9.17, 15) is 9.59 Å². The average Bonchev–Trinajstić information content (AvgIpc) is 2.58. The summed E-state index contributed by atoms with van der Waals surface area (Å²) < 4.78 is 6.73. The molecule has 0 aromatic carbocycles. The van der Waals surface area contributed by atoms with E-state index < -0.39 is 0 Å². The second-order valence-corrected chi connectivity index (χ2v) is 5.54. The van der Waals surface area contributed by atoms with Crippen molar-refractivity contribution in [3.63, 3.8) is 0 Å². The largest absolute Gasteiger partial charge is 0.383 e. The number of carbonyl (C=O) groups excluding carboxylic acids is 1. The number of halogens is 1. The number of anilines is 1. The first-order valence-corrected chi connectivity index (χ1v) is 7.91. The molecule has 2 N–H and O–H groups in total. The summed E-state index contributed by atoms with van der Waals surface area (Å²) in [6.07, 6.45) is 0.663. The Balaban J connectivity index is 2.61. The molecule has 0 spiro atoms. The number of hydrogen-bond acceptors (Lipinski definition) is 6. The Hall–Kier alpha value is -2.19. The van der Waals surface area contributed by atoms with E-state index in [1.165, 1.54) is 11.6 Å². The highest BCUT2D eigenvalue weighted by Crippen LogP contribution is 2.19. The van der Waals surface area contributed by atoms with Crippen molar-refractivity contribution in [2.24, 2.45) is 0 Å². The van der Waals surface area contributed by atoms with Crippen LogP contribution in [-0.4, -0.2) is 47.8 Å². The van der Waals surface area contributed by atoms with Gasteiger partial charge in [-0.15, -0.1) is 0 Å². The number of fused-ring (bicyclic) bond motifs is 1. The van der Waals surface area contributed by atoms with E-state index in [1.54, 1.807) is 19.2 Å². The summed E-state index contributed by atoms with van der Waals surface area (Å²) in [5.41, 5.74) is 0.528. The predicted octanol–water partition coefficient (Wildman–Crippen LogP) is 1.20. The second-order valence-electron chi connectivity index (χ2n) is 5.16. The van der Waals surface area contributed by atoms with Gasteiger partial charge in [0.05, 0.1) is 19.2 Å². The number of pyridine rings is 1. The molecule has 0 aliphatic rings. The molecule has 0 saturated carbocycles. The van der Waals surface area contributed by atoms with E-state index in [0.717, 1.165) is 0 Å². The van der Waals surface area contributed by atoms with Gasteiger partial charge in [-0.2, -0.15) is 0 Å². The van der Waals surface area contributed by atoms with Gasteiger partial charge in [-0.25, -0.2) is 9.97 Å². The topological polar surface area (TPSA) is 98.1 Å². The molecule has 0 radical (unpaired) electrons. The lowest BCUT2D eigenvalue weighted by Crippen LogP contribution is -2.33. The van der Waals surface area contributed by atoms with Crippen LogP contribution in [0.2, 0.25) is 5.15 Å². The second kappa shape index (κ2) is 8.07. The smallest absolute Gasteiger partial charge is 0.295 e. The molecule has 2 heterocycles. The average molecular weight is 354 g/mol. The van der Waals surface area contributed by atoms with E-state index in [-0.39, 0.29) is 35.0 Å². The highest BCUT2D eigenvalue weighted by Gasteiger charge is 2.19. The monoisotopic (exact) mass is 353 g/mol. The van der Waals surface area contributed by atoms with Gasteiger partial charge in [0.25, 0.3) is 5.56 Å². The summed E-state index contributed by atoms with van der Waals surface area (Å²) in [6, 6.07) is 3.07. The zero-order chi connectivity index (χ0) is 17.7. The van der Waals surface area contributed by atoms with Crippen LogP contribution in [0.1, 0.15) is 19.4 Å². The van der Waals surface area contributed by atoms with Crippen molar-refractivity contribution in [1.29, 1.82) is 0 Å². The van der Waals surface area contributed by atoms with Crippen molar-refractivity contribution in [2.45, 2.75) is 19.4 Å². The molecule has 2 aromatic rings. The van der Waals surface area contributed by atoms with Crippen molar-refractivity contribution in [3.05, 3.63) is 27.6 Å². The first kappa shape index (κ1) is 18.2. The molecule has 0 saturated heterocycles. The fraction of sp³-hybridized carbons (Fsp3) is 0.467. The summed E-state index contributed by atoms with van der Waals surface area (Å²) in [7, 11) is 3.09. The maximum Gasteiger partial charge on any atom is 0.295 e. The molecular formula is C15H20ClN5O3. The van der Waals surface area contributed by atoms with Crippen LogP contribution < -0.4 is 16.2 Å². The van der Waals surface area contributed by atoms with Gasteiger partial charge in [-0.05, 0) is 18.6 Å². The molecule has 2 rings (SSSR count). The summed E-state index contributed by atoms with van der Waals surface area (Å²) in [5, 5.41) is 5.53. The number of nitrogens with one attached hydrogen (secondary N) is 2. The normalized spacial score (nSPS) is 12.2. The highest BCUT2D eigenvalue weighted by atomic mass is 35.5. The molecule has 0 aliphatic heterocycles. The number of ether oxygens (including phenoxy) is 1. The summed E-state index contributed by atoms with van der Waals surface area (Å²) >= 11 is 5.98. The Morgan fingerprint density at radius 2 is 2.17 bits per heavy atom. The molecule has 9 heteroatoms. The van der Waals surface area contributed by atoms with Gasteiger partial charge in [0.15, 0.2) is 11.5 Å². The van der Waals surface area contributed by atoms with Gasteiger partial charge in [-0.3, -0.25) is 14.2 Å². The summed E-state index contributed by atoms with van der Waals surface area (Å²) in [5.74, 6) is -0.161. The number of likely N-dealkylation sites (N-methyl/N-ethyl adjacent to an activating group) is 1. The minimum atomic E-state index is -0.370. The molecule has 8 nitrogen and oxygen atoms in total. The van der Waals surface area contributed by atoms with Gasteiger partial charge in [0.2, 0.25) is 5.91 Å². The standard InChI is InChI=1S/C15H20ClN5O3/c1-4-9(8-24-3)21-14-10(5-6-11(16)20-14)19-13(15(21)23)18-7-12(22)17-2/h5-6,9H,4,7-8H2,1-3H3,(H,17,22)(H,18,19)/t9-/m1/s1. The summed E-state index contributed by atoms with van der Waals surface area (Å²) in [4.78, 5) is 32.8. The van der Waals surface area contributed by atoms with Crippen molar-refractivity contribution in [3.8, 4) is 0 Å². The lowest BCUT2D eigenvalue weighted by molar-refractivity contribution is -0.118. The SMILES string of the molecule is CC[C@H](COC)n1c(=O)c(NCC(=O)NC)nc2ccc(Cl)nc21. The lowest BCUT2D eigenvalue weighted by atomic mass is 10.2. The van der Waals surface area contributed by atoms with Crippen LogP contribution >= 0.6 is 11.6 Å². The van der Waals surface area contributed by atoms with E-state index in [2.05, 4.69) is 20.6 Å². The van der Waals surface area contributed by atoms with Gasteiger partial charge in [0.1, 0.15) is 10.7 Å². The molecule has 0 aliphatic carbocycles. The van der Waals surface area contributed by atoms with Crippen LogP contribution in [0.3, 0.4) is 0 Å². The number of carbonyl (C=O) groups is 1. The van der Waals surface area contributed by atoms with Crippen LogP contribution in [0, 0.1) is 0 Å². The quantitative estimate of drug-likeness (QED) is 0.726. The first-order chi connectivity index (χ1) is 11.5. The number of methoxy groups -OCH3 is 1. The Labute approximate surface area is 144 Å². The number of amides is 1. The number of rotatable bonds is 7. The molecule has 0 bridgehead atoms. The molecule has 1 atom stereocenters. The van der Waals surface area contributed by atoms with Crippen LogP contribution in [0.25, 0.3) is 11.2 Å². The fourth-order valence-electron chi connectivity index (χ4n) is 2.33. The van der Waals surface area contributed by atoms with Crippen LogP contribution in [0.4, 0.5) is 5.82 Å². The van der Waals surface area contributed by atoms with Crippen LogP contribution in [0.15, 0.2) is 16.9 Å². The number of hydrogen-bond donors (Lipinski definition) is 2. The molecule has 1 amide bonds. The van der Waals surface area contributed by atoms with E-state index >= 15 is 0 Å². The van der Waals surface area contributed by atoms with Gasteiger partial charge < -0.3 is 15.4 Å². The Bertz CT molecular complexity index is 793. The van der Waals surface area contributed by atoms with Crippen molar-refractivity contribution in [2.75, 3.05) is 32.6 Å². The minimum Gasteiger partial charge on any atom is -0.383 e. The fourth-order valence-corrected chi connectivity index (χ4v) is 2.48. The van der Waals surface area contributed by atoms with E-state index in [4.69, 9.17) is 16.3 Å². The first-order valence-electron chi connectivity index (χ1n) is 7.54. The van der Waals surface area contributed by atoms with Crippen LogP contribution in [0.5, 0.6) is 0 Å². The van der Waals surface area contributed by atoms with E-state index in [0.29, 0.717) is 24.2 Å². The minimum absolute atomic E-state index is 0.0493. The van der Waals surface area contributed by atoms with Crippen molar-refractivity contribution >= 4 is 34.5 Å². The third-order valence-electron chi connectivity index (χ3n) is 3.59. The third kappa shape index (κ3) is 3.82. The Morgan fingerprint density at radius 1 is 1.42 bits per heavy atom. The maximum absolute atomic E-state index is 12.8. The van der Waals surface area contributed by atoms with Gasteiger partial charge in [-0.1, -0.05) is 18.5 Å². The highest BCUT2D eigenvalue weighted by molar-refractivity contribution is 6.29. The van der Waals surface area contributed by atoms with E-state index in [1.807, 2.05) is 6.92 Å². The van der Waals surface area contributed by atoms with Gasteiger partial charge >= 0.3 is 0 Å². The molecule has 24 heavy (non-hydrogen) atoms. The lowest BCUT2D eigenvalue weighted by Gasteiger charge is -2.20. The zero-order valence-corrected chi connectivity index (χ0v) is 14.6. The Morgan fingerprint density at radius 3 is 2.79 bits per heavy atom. The molecular weight excluding hydrogens is 334 g/mol. The molecule has 2 aromatic heterocycles. The number of aromatic nitrogens is 3. The molecule has 0 fully saturated rings. The summed E-state index contributed by atoms with van der Waals surface area (Å²) in [6.45, 7) is 2.25. The van der Waals surface area contributed by atoms with Gasteiger partial charge in [0, 0.05) is 14.2 Å². The van der Waals surface area contributed by atoms with Crippen LogP contribution in [-0.2, 0) is 9.53 Å². The predicted molar refractivity (Wildman–Crippen MR) is 92.6 cm³/mol. The Kier molecular flexibility index (Phi) is 6.10. The van der Waals surface area contributed by atoms with Crippen molar-refractivity contribution in [1.82, 2.24) is 19.9 Å².